The number of nitrogens with one attached hydrogen (secondary N) is 3. The van der Waals surface area contributed by atoms with Crippen LogP contribution in [0.1, 0.15) is 48.4 Å². The van der Waals surface area contributed by atoms with Gasteiger partial charge in [0.15, 0.2) is 0 Å². The van der Waals surface area contributed by atoms with Crippen LogP contribution >= 0.6 is 0 Å². The second kappa shape index (κ2) is 9.30. The summed E-state index contributed by atoms with van der Waals surface area (Å²) >= 11 is 0. The van der Waals surface area contributed by atoms with Crippen LogP contribution in [0.2, 0.25) is 0 Å². The molecule has 0 bridgehead atoms. The van der Waals surface area contributed by atoms with Gasteiger partial charge < -0.3 is 10.6 Å². The van der Waals surface area contributed by atoms with Crippen molar-refractivity contribution in [2.75, 3.05) is 19.6 Å². The molecule has 1 amide bonds. The highest BCUT2D eigenvalue weighted by atomic mass is 16.1. The molecule has 1 unspecified atom stereocenters. The van der Waals surface area contributed by atoms with E-state index in [0.717, 1.165) is 43.1 Å². The summed E-state index contributed by atoms with van der Waals surface area (Å²) in [6.07, 6.45) is 7.09. The first-order valence-electron chi connectivity index (χ1n) is 10.2. The highest BCUT2D eigenvalue weighted by Crippen LogP contribution is 2.29. The maximum atomic E-state index is 12.3. The van der Waals surface area contributed by atoms with E-state index in [-0.39, 0.29) is 5.91 Å². The fourth-order valence-electron chi connectivity index (χ4n) is 4.25. The Morgan fingerprint density at radius 1 is 1.11 bits per heavy atom. The Hall–Kier alpha value is -2.24. The van der Waals surface area contributed by atoms with Gasteiger partial charge in [0.05, 0.1) is 0 Å². The summed E-state index contributed by atoms with van der Waals surface area (Å²) in [6.45, 7) is 8.80. The second-order valence-corrected chi connectivity index (χ2v) is 7.95. The number of aromatic nitrogens is 1. The van der Waals surface area contributed by atoms with E-state index in [0.29, 0.717) is 0 Å². The van der Waals surface area contributed by atoms with Gasteiger partial charge in [-0.1, -0.05) is 29.3 Å². The van der Waals surface area contributed by atoms with Gasteiger partial charge >= 0.3 is 0 Å². The van der Waals surface area contributed by atoms with Crippen molar-refractivity contribution in [3.8, 4) is 0 Å². The molecule has 5 nitrogen and oxygen atoms in total. The van der Waals surface area contributed by atoms with Gasteiger partial charge in [0.1, 0.15) is 5.66 Å². The van der Waals surface area contributed by atoms with E-state index in [1.807, 2.05) is 12.1 Å². The third-order valence-electron chi connectivity index (χ3n) is 5.53. The van der Waals surface area contributed by atoms with Crippen molar-refractivity contribution in [1.82, 2.24) is 20.9 Å². The van der Waals surface area contributed by atoms with Crippen molar-refractivity contribution < 1.29 is 4.79 Å². The quantitative estimate of drug-likeness (QED) is 0.646. The Balaban J connectivity index is 1.95. The minimum atomic E-state index is -0.765. The average molecular weight is 381 g/mol. The standard InChI is InChI=1S/C23H32N4O/c1-17-14-18(2)16-22(15-17)23(27-19(3)28,21-7-11-25-12-8-21)26-13-6-20-4-9-24-10-5-20/h7-8,11-12,14-16,20,24,26H,4-6,9-10,13H2,1-3H3,(H,27,28). The number of pyridine rings is 1. The normalized spacial score (nSPS) is 17.1. The number of amides is 1. The fourth-order valence-corrected chi connectivity index (χ4v) is 4.25. The lowest BCUT2D eigenvalue weighted by Gasteiger charge is -2.38. The first-order valence-corrected chi connectivity index (χ1v) is 10.2. The van der Waals surface area contributed by atoms with Crippen molar-refractivity contribution in [2.45, 2.75) is 45.7 Å². The van der Waals surface area contributed by atoms with Crippen LogP contribution in [0.25, 0.3) is 0 Å². The van der Waals surface area contributed by atoms with Crippen LogP contribution in [-0.4, -0.2) is 30.5 Å². The van der Waals surface area contributed by atoms with Gasteiger partial charge in [-0.25, -0.2) is 0 Å². The summed E-state index contributed by atoms with van der Waals surface area (Å²) in [7, 11) is 0. The Labute approximate surface area is 168 Å². The summed E-state index contributed by atoms with van der Waals surface area (Å²) < 4.78 is 0. The molecule has 0 radical (unpaired) electrons. The Morgan fingerprint density at radius 3 is 2.36 bits per heavy atom. The number of carbonyl (C=O) groups excluding carboxylic acids is 1. The lowest BCUT2D eigenvalue weighted by molar-refractivity contribution is -0.120. The number of aryl methyl sites for hydroxylation is 2. The summed E-state index contributed by atoms with van der Waals surface area (Å²) in [6, 6.07) is 10.4. The molecule has 150 valence electrons. The topological polar surface area (TPSA) is 66.1 Å². The third-order valence-corrected chi connectivity index (χ3v) is 5.53. The number of nitrogens with zero attached hydrogens (tertiary/aromatic N) is 1. The summed E-state index contributed by atoms with van der Waals surface area (Å²) in [5, 5.41) is 10.4. The van der Waals surface area contributed by atoms with Gasteiger partial charge in [-0.3, -0.25) is 15.1 Å². The molecular weight excluding hydrogens is 348 g/mol. The maximum Gasteiger partial charge on any atom is 0.218 e. The van der Waals surface area contributed by atoms with E-state index in [1.165, 1.54) is 24.0 Å². The molecule has 2 aromatic rings. The number of benzene rings is 1. The minimum absolute atomic E-state index is 0.0645. The summed E-state index contributed by atoms with van der Waals surface area (Å²) in [5.41, 5.74) is 3.64. The van der Waals surface area contributed by atoms with Crippen LogP contribution in [0.3, 0.4) is 0 Å². The SMILES string of the molecule is CC(=O)NC(NCCC1CCNCC1)(c1ccncc1)c1cc(C)cc(C)c1. The van der Waals surface area contributed by atoms with Gasteiger partial charge in [0.2, 0.25) is 5.91 Å². The molecule has 2 heterocycles. The molecular formula is C23H32N4O. The van der Waals surface area contributed by atoms with Crippen molar-refractivity contribution in [1.29, 1.82) is 0 Å². The molecule has 0 saturated carbocycles. The first kappa shape index (κ1) is 20.5. The summed E-state index contributed by atoms with van der Waals surface area (Å²) in [5.74, 6) is 0.658. The molecule has 1 aliphatic heterocycles. The second-order valence-electron chi connectivity index (χ2n) is 7.95. The number of carbonyl (C=O) groups is 1. The molecule has 0 spiro atoms. The molecule has 1 atom stereocenters. The van der Waals surface area contributed by atoms with Crippen LogP contribution < -0.4 is 16.0 Å². The molecule has 28 heavy (non-hydrogen) atoms. The maximum absolute atomic E-state index is 12.3. The molecule has 1 aromatic heterocycles. The lowest BCUT2D eigenvalue weighted by atomic mass is 9.88. The van der Waals surface area contributed by atoms with Crippen molar-refractivity contribution in [3.63, 3.8) is 0 Å². The first-order chi connectivity index (χ1) is 13.5. The molecule has 0 aliphatic carbocycles. The van der Waals surface area contributed by atoms with Crippen LogP contribution in [0.15, 0.2) is 42.7 Å². The summed E-state index contributed by atoms with van der Waals surface area (Å²) in [4.78, 5) is 16.4. The number of piperidine rings is 1. The van der Waals surface area contributed by atoms with Gasteiger partial charge in [0.25, 0.3) is 0 Å². The predicted octanol–water partition coefficient (Wildman–Crippen LogP) is 3.01. The zero-order valence-electron chi connectivity index (χ0n) is 17.2. The molecule has 3 rings (SSSR count). The van der Waals surface area contributed by atoms with Crippen LogP contribution in [0.4, 0.5) is 0 Å². The van der Waals surface area contributed by atoms with E-state index >= 15 is 0 Å². The fraction of sp³-hybridized carbons (Fsp3) is 0.478. The zero-order chi connectivity index (χ0) is 20.0. The van der Waals surface area contributed by atoms with Gasteiger partial charge in [0, 0.05) is 19.3 Å². The highest BCUT2D eigenvalue weighted by molar-refractivity contribution is 5.75. The largest absolute Gasteiger partial charge is 0.330 e. The molecule has 1 aromatic carbocycles. The minimum Gasteiger partial charge on any atom is -0.330 e. The lowest BCUT2D eigenvalue weighted by Crippen LogP contribution is -2.57. The van der Waals surface area contributed by atoms with E-state index < -0.39 is 5.66 Å². The van der Waals surface area contributed by atoms with E-state index in [2.05, 4.69) is 53.0 Å². The van der Waals surface area contributed by atoms with Crippen molar-refractivity contribution in [2.24, 2.45) is 5.92 Å². The van der Waals surface area contributed by atoms with Gasteiger partial charge in [-0.05, 0) is 81.9 Å². The third kappa shape index (κ3) is 4.97. The van der Waals surface area contributed by atoms with Gasteiger partial charge in [-0.2, -0.15) is 0 Å². The molecule has 1 saturated heterocycles. The van der Waals surface area contributed by atoms with Crippen molar-refractivity contribution in [3.05, 3.63) is 65.0 Å². The predicted molar refractivity (Wildman–Crippen MR) is 113 cm³/mol. The molecule has 3 N–H and O–H groups in total. The highest BCUT2D eigenvalue weighted by Gasteiger charge is 2.35. The average Bonchev–Trinajstić information content (AvgIpc) is 2.67. The van der Waals surface area contributed by atoms with Gasteiger partial charge in [-0.15, -0.1) is 0 Å². The van der Waals surface area contributed by atoms with Crippen LogP contribution in [-0.2, 0) is 10.5 Å². The molecule has 1 fully saturated rings. The molecule has 1 aliphatic rings. The Morgan fingerprint density at radius 2 is 1.75 bits per heavy atom. The van der Waals surface area contributed by atoms with Crippen LogP contribution in [0.5, 0.6) is 0 Å². The van der Waals surface area contributed by atoms with Crippen molar-refractivity contribution >= 4 is 5.91 Å². The van der Waals surface area contributed by atoms with E-state index in [9.17, 15) is 4.79 Å². The van der Waals surface area contributed by atoms with Crippen LogP contribution in [0, 0.1) is 19.8 Å². The van der Waals surface area contributed by atoms with E-state index in [1.54, 1.807) is 19.3 Å². The smallest absolute Gasteiger partial charge is 0.218 e. The Kier molecular flexibility index (Phi) is 6.81. The number of rotatable bonds is 7. The zero-order valence-corrected chi connectivity index (χ0v) is 17.2. The number of hydrogen-bond donors (Lipinski definition) is 3. The monoisotopic (exact) mass is 380 g/mol. The molecule has 5 heteroatoms. The number of hydrogen-bond acceptors (Lipinski definition) is 4. The Bertz CT molecular complexity index is 766. The van der Waals surface area contributed by atoms with E-state index in [4.69, 9.17) is 0 Å².